The van der Waals surface area contributed by atoms with Crippen molar-refractivity contribution in [2.24, 2.45) is 0 Å². The van der Waals surface area contributed by atoms with Crippen molar-refractivity contribution in [3.8, 4) is 0 Å². The van der Waals surface area contributed by atoms with Gasteiger partial charge < -0.3 is 4.55 Å². The quantitative estimate of drug-likeness (QED) is 0.442. The van der Waals surface area contributed by atoms with E-state index in [1.54, 1.807) is 18.2 Å². The van der Waals surface area contributed by atoms with Crippen LogP contribution in [-0.4, -0.2) is 38.3 Å². The topological polar surface area (TPSA) is 37.3 Å². The van der Waals surface area contributed by atoms with Crippen LogP contribution in [0, 0.1) is 0 Å². The van der Waals surface area contributed by atoms with E-state index in [9.17, 15) is 4.21 Å². The number of benzene rings is 1. The van der Waals surface area contributed by atoms with E-state index < -0.39 is 22.0 Å². The van der Waals surface area contributed by atoms with Crippen LogP contribution in [0.1, 0.15) is 0 Å². The number of allylic oxidation sites excluding steroid dienone is 2. The van der Waals surface area contributed by atoms with Crippen molar-refractivity contribution >= 4 is 64.2 Å². The molecular weight excluding hydrogens is 271 g/mol. The molecule has 16 heavy (non-hydrogen) atoms. The van der Waals surface area contributed by atoms with Gasteiger partial charge in [-0.3, -0.25) is 0 Å². The van der Waals surface area contributed by atoms with E-state index in [1.807, 2.05) is 12.2 Å². The molecule has 0 fully saturated rings. The third-order valence-electron chi connectivity index (χ3n) is 2.03. The predicted molar refractivity (Wildman–Crippen MR) is 75.4 cm³/mol. The van der Waals surface area contributed by atoms with Crippen molar-refractivity contribution in [3.63, 3.8) is 0 Å². The van der Waals surface area contributed by atoms with Gasteiger partial charge in [0, 0.05) is 9.79 Å². The van der Waals surface area contributed by atoms with Crippen LogP contribution in [-0.2, 0) is 11.1 Å². The second-order valence-electron chi connectivity index (χ2n) is 2.99. The van der Waals surface area contributed by atoms with E-state index in [1.165, 1.54) is 0 Å². The van der Waals surface area contributed by atoms with E-state index in [2.05, 4.69) is 23.4 Å². The van der Waals surface area contributed by atoms with Crippen molar-refractivity contribution in [1.82, 2.24) is 0 Å². The summed E-state index contributed by atoms with van der Waals surface area (Å²) in [4.78, 5) is 2.32. The molecule has 1 aromatic carbocycles. The molecule has 2 rings (SSSR count). The predicted octanol–water partition coefficient (Wildman–Crippen LogP) is 2.31. The fourth-order valence-corrected chi connectivity index (χ4v) is 3.91. The summed E-state index contributed by atoms with van der Waals surface area (Å²) in [6.45, 7) is 0. The summed E-state index contributed by atoms with van der Waals surface area (Å²) < 4.78 is 19.9. The van der Waals surface area contributed by atoms with Crippen molar-refractivity contribution < 1.29 is 8.76 Å². The molecule has 2 nitrogen and oxygen atoms in total. The Labute approximate surface area is 128 Å². The molecule has 1 aliphatic heterocycles. The molecule has 0 amide bonds. The van der Waals surface area contributed by atoms with Crippen LogP contribution in [0.15, 0.2) is 55.9 Å². The summed E-state index contributed by atoms with van der Waals surface area (Å²) >= 11 is 2.44. The average Bonchev–Trinajstić information content (AvgIpc) is 2.71. The maximum absolute atomic E-state index is 10.9. The first kappa shape index (κ1) is 14.6. The minimum absolute atomic E-state index is 0. The molecule has 1 aliphatic rings. The zero-order valence-electron chi connectivity index (χ0n) is 7.70. The molecule has 0 aliphatic carbocycles. The molecule has 0 spiro atoms. The van der Waals surface area contributed by atoms with Crippen molar-refractivity contribution in [2.45, 2.75) is 14.7 Å². The van der Waals surface area contributed by atoms with Crippen LogP contribution in [0.4, 0.5) is 0 Å². The van der Waals surface area contributed by atoms with Gasteiger partial charge in [-0.25, -0.2) is 4.21 Å². The standard InChI is InChI=1S/C10H10O2S3.Na.H/c11-15(12)8-3-4-9(13)10(7-8)14-5-1-2-6-14;;/h1-7,13-14H,(H,11,12);;. The van der Waals surface area contributed by atoms with Crippen molar-refractivity contribution in [3.05, 3.63) is 41.2 Å². The number of thiol groups is 2. The molecule has 0 bridgehead atoms. The summed E-state index contributed by atoms with van der Waals surface area (Å²) in [7, 11) is -0.485. The molecule has 0 radical (unpaired) electrons. The molecule has 1 N–H and O–H groups in total. The number of hydrogen-bond donors (Lipinski definition) is 3. The Morgan fingerprint density at radius 1 is 1.25 bits per heavy atom. The summed E-state index contributed by atoms with van der Waals surface area (Å²) in [5, 5.41) is 4.18. The first-order valence-corrected chi connectivity index (χ1v) is 7.29. The Hall–Kier alpha value is 0.510. The fraction of sp³-hybridized carbons (Fsp3) is 0. The Kier molecular flexibility index (Phi) is 5.87. The van der Waals surface area contributed by atoms with Gasteiger partial charge in [0.1, 0.15) is 0 Å². The van der Waals surface area contributed by atoms with Gasteiger partial charge in [-0.05, 0) is 29.0 Å². The van der Waals surface area contributed by atoms with E-state index in [0.717, 1.165) is 9.79 Å². The zero-order chi connectivity index (χ0) is 10.8. The SMILES string of the molecule is O=S(O)c1ccc(S)c([SH]2C=CC=C2)c1.[NaH]. The van der Waals surface area contributed by atoms with Crippen molar-refractivity contribution in [1.29, 1.82) is 0 Å². The third-order valence-corrected chi connectivity index (χ3v) is 5.17. The first-order chi connectivity index (χ1) is 7.18. The van der Waals surface area contributed by atoms with Crippen molar-refractivity contribution in [2.75, 3.05) is 0 Å². The maximum atomic E-state index is 10.9. The van der Waals surface area contributed by atoms with Gasteiger partial charge in [-0.15, -0.1) is 12.6 Å². The van der Waals surface area contributed by atoms with Gasteiger partial charge in [0.15, 0.2) is 11.1 Å². The van der Waals surface area contributed by atoms with Crippen LogP contribution >= 0.6 is 23.5 Å². The van der Waals surface area contributed by atoms with E-state index in [-0.39, 0.29) is 29.6 Å². The Bertz CT molecular complexity index is 459. The van der Waals surface area contributed by atoms with Gasteiger partial charge in [-0.1, -0.05) is 12.2 Å². The Morgan fingerprint density at radius 2 is 1.88 bits per heavy atom. The van der Waals surface area contributed by atoms with Gasteiger partial charge in [0.2, 0.25) is 0 Å². The first-order valence-electron chi connectivity index (χ1n) is 4.26. The molecular formula is C10H11NaO2S3. The monoisotopic (exact) mass is 282 g/mol. The average molecular weight is 282 g/mol. The van der Waals surface area contributed by atoms with Gasteiger partial charge >= 0.3 is 29.6 Å². The second-order valence-corrected chi connectivity index (χ2v) is 6.33. The van der Waals surface area contributed by atoms with E-state index in [0.29, 0.717) is 4.90 Å². The van der Waals surface area contributed by atoms with E-state index in [4.69, 9.17) is 4.55 Å². The number of rotatable bonds is 2. The third kappa shape index (κ3) is 3.26. The van der Waals surface area contributed by atoms with Crippen LogP contribution in [0.2, 0.25) is 0 Å². The van der Waals surface area contributed by atoms with Crippen LogP contribution < -0.4 is 0 Å². The minimum atomic E-state index is -1.92. The van der Waals surface area contributed by atoms with Gasteiger partial charge in [0.25, 0.3) is 0 Å². The summed E-state index contributed by atoms with van der Waals surface area (Å²) in [5.41, 5.74) is 0. The fourth-order valence-electron chi connectivity index (χ4n) is 1.31. The Morgan fingerprint density at radius 3 is 2.44 bits per heavy atom. The summed E-state index contributed by atoms with van der Waals surface area (Å²) in [6, 6.07) is 5.15. The van der Waals surface area contributed by atoms with E-state index >= 15 is 0 Å². The van der Waals surface area contributed by atoms with Crippen LogP contribution in [0.5, 0.6) is 0 Å². The van der Waals surface area contributed by atoms with Crippen LogP contribution in [0.25, 0.3) is 0 Å². The molecule has 6 heteroatoms. The van der Waals surface area contributed by atoms with Gasteiger partial charge in [0.05, 0.1) is 4.90 Å². The van der Waals surface area contributed by atoms with Crippen LogP contribution in [0.3, 0.4) is 0 Å². The Balaban J connectivity index is 0.00000128. The molecule has 0 saturated carbocycles. The molecule has 1 heterocycles. The molecule has 0 saturated heterocycles. The molecule has 1 atom stereocenters. The molecule has 1 unspecified atom stereocenters. The normalized spacial score (nSPS) is 17.2. The molecule has 82 valence electrons. The number of hydrogen-bond acceptors (Lipinski definition) is 2. The zero-order valence-corrected chi connectivity index (χ0v) is 10.3. The molecule has 1 aromatic rings. The van der Waals surface area contributed by atoms with Gasteiger partial charge in [-0.2, -0.15) is 10.9 Å². The summed E-state index contributed by atoms with van der Waals surface area (Å²) in [5.74, 6) is 0. The summed E-state index contributed by atoms with van der Waals surface area (Å²) in [6.07, 6.45) is 3.98. The molecule has 0 aromatic heterocycles. The second kappa shape index (κ2) is 6.44.